The Balaban J connectivity index is 0. The van der Waals surface area contributed by atoms with E-state index in [1.54, 1.807) is 0 Å². The molecular weight excluding hydrogens is 262 g/mol. The van der Waals surface area contributed by atoms with E-state index in [0.717, 1.165) is 12.8 Å². The van der Waals surface area contributed by atoms with Crippen molar-refractivity contribution in [2.75, 3.05) is 26.7 Å². The van der Waals surface area contributed by atoms with E-state index in [4.69, 9.17) is 0 Å². The van der Waals surface area contributed by atoms with Crippen LogP contribution >= 0.6 is 0 Å². The van der Waals surface area contributed by atoms with Gasteiger partial charge >= 0.3 is 0 Å². The van der Waals surface area contributed by atoms with Gasteiger partial charge in [-0.1, -0.05) is 53.4 Å². The van der Waals surface area contributed by atoms with Crippen molar-refractivity contribution in [3.63, 3.8) is 0 Å². The second-order valence-electron chi connectivity index (χ2n) is 6.33. The van der Waals surface area contributed by atoms with Crippen LogP contribution in [0.15, 0.2) is 0 Å². The molecule has 0 saturated heterocycles. The van der Waals surface area contributed by atoms with Crippen molar-refractivity contribution in [1.29, 1.82) is 0 Å². The molecule has 0 saturated carbocycles. The topological polar surface area (TPSA) is 40.1 Å². The van der Waals surface area contributed by atoms with Gasteiger partial charge in [0.15, 0.2) is 0 Å². The van der Waals surface area contributed by atoms with Crippen molar-refractivity contribution < 1.29 is 14.4 Å². The number of quaternary nitrogens is 1. The van der Waals surface area contributed by atoms with E-state index in [1.807, 2.05) is 6.92 Å². The van der Waals surface area contributed by atoms with Crippen LogP contribution in [0.5, 0.6) is 0 Å². The van der Waals surface area contributed by atoms with Crippen molar-refractivity contribution in [2.24, 2.45) is 0 Å². The Kier molecular flexibility index (Phi) is 17.1. The molecule has 0 spiro atoms. The number of unbranched alkanes of at least 4 members (excludes halogenated alkanes) is 4. The molecule has 3 heteroatoms. The maximum atomic E-state index is 9.65. The highest BCUT2D eigenvalue weighted by atomic mass is 16.4. The maximum absolute atomic E-state index is 9.65. The summed E-state index contributed by atoms with van der Waals surface area (Å²) in [5.74, 6) is -0.943. The minimum Gasteiger partial charge on any atom is -0.550 e. The lowest BCUT2D eigenvalue weighted by Gasteiger charge is -2.34. The fourth-order valence-corrected chi connectivity index (χ4v) is 2.28. The van der Waals surface area contributed by atoms with Crippen LogP contribution in [0, 0.1) is 0 Å². The summed E-state index contributed by atoms with van der Waals surface area (Å²) in [4.78, 5) is 9.65. The molecule has 0 aromatic carbocycles. The molecule has 0 aliphatic rings. The quantitative estimate of drug-likeness (QED) is 0.515. The van der Waals surface area contributed by atoms with Gasteiger partial charge in [0.2, 0.25) is 0 Å². The van der Waals surface area contributed by atoms with Crippen LogP contribution in [0.25, 0.3) is 0 Å². The Morgan fingerprint density at radius 3 is 1.29 bits per heavy atom. The van der Waals surface area contributed by atoms with Crippen molar-refractivity contribution in [1.82, 2.24) is 0 Å². The molecule has 128 valence electrons. The molecule has 0 radical (unpaired) electrons. The molecule has 21 heavy (non-hydrogen) atoms. The standard InChI is InChI=1S/C13H30N.C5H10O2/c1-5-8-11-14(4,12-9-6-2)13-10-7-3;1-2-3-4-5(6)7/h5-13H2,1-4H3;2-4H2,1H3,(H,6,7)/q+1;/p-1. The van der Waals surface area contributed by atoms with Gasteiger partial charge in [-0.3, -0.25) is 0 Å². The first kappa shape index (κ1) is 22.7. The van der Waals surface area contributed by atoms with E-state index in [0.29, 0.717) is 0 Å². The Morgan fingerprint density at radius 1 is 0.762 bits per heavy atom. The van der Waals surface area contributed by atoms with E-state index in [-0.39, 0.29) is 6.42 Å². The van der Waals surface area contributed by atoms with Gasteiger partial charge in [-0.25, -0.2) is 0 Å². The van der Waals surface area contributed by atoms with Crippen LogP contribution < -0.4 is 5.11 Å². The predicted octanol–water partition coefficient (Wildman–Crippen LogP) is 3.76. The molecule has 0 aromatic rings. The zero-order valence-electron chi connectivity index (χ0n) is 15.2. The SMILES string of the molecule is CCCCC(=O)[O-].CCCC[N+](C)(CCCC)CCCC. The van der Waals surface area contributed by atoms with E-state index >= 15 is 0 Å². The first-order chi connectivity index (χ1) is 9.95. The molecule has 0 unspecified atom stereocenters. The highest BCUT2D eigenvalue weighted by Gasteiger charge is 2.18. The third kappa shape index (κ3) is 17.4. The van der Waals surface area contributed by atoms with E-state index < -0.39 is 5.97 Å². The molecule has 3 nitrogen and oxygen atoms in total. The van der Waals surface area contributed by atoms with Crippen molar-refractivity contribution in [3.05, 3.63) is 0 Å². The second kappa shape index (κ2) is 15.8. The summed E-state index contributed by atoms with van der Waals surface area (Å²) in [6.07, 6.45) is 10.1. The number of hydrogen-bond acceptors (Lipinski definition) is 2. The Hall–Kier alpha value is -0.570. The van der Waals surface area contributed by atoms with E-state index in [2.05, 4.69) is 27.8 Å². The molecule has 0 rings (SSSR count). The summed E-state index contributed by atoms with van der Waals surface area (Å²) in [5, 5.41) is 9.65. The molecule has 0 aromatic heterocycles. The number of nitrogens with zero attached hydrogens (tertiary/aromatic N) is 1. The third-order valence-corrected chi connectivity index (χ3v) is 3.89. The first-order valence-corrected chi connectivity index (χ1v) is 8.99. The zero-order valence-corrected chi connectivity index (χ0v) is 15.2. The molecule has 0 heterocycles. The minimum absolute atomic E-state index is 0.205. The number of carboxylic acid groups (broad SMARTS) is 1. The van der Waals surface area contributed by atoms with Gasteiger partial charge in [0.05, 0.1) is 26.7 Å². The number of hydrogen-bond donors (Lipinski definition) is 0. The molecule has 0 N–H and O–H groups in total. The Labute approximate surface area is 133 Å². The first-order valence-electron chi connectivity index (χ1n) is 8.99. The van der Waals surface area contributed by atoms with Crippen LogP contribution in [-0.4, -0.2) is 37.1 Å². The number of carbonyl (C=O) groups is 1. The summed E-state index contributed by atoms with van der Waals surface area (Å²) in [5.41, 5.74) is 0. The summed E-state index contributed by atoms with van der Waals surface area (Å²) in [6.45, 7) is 13.0. The van der Waals surface area contributed by atoms with Gasteiger partial charge in [0, 0.05) is 5.97 Å². The molecule has 0 fully saturated rings. The largest absolute Gasteiger partial charge is 0.550 e. The number of carbonyl (C=O) groups excluding carboxylic acids is 1. The van der Waals surface area contributed by atoms with Crippen LogP contribution in [0.3, 0.4) is 0 Å². The van der Waals surface area contributed by atoms with Gasteiger partial charge in [0.25, 0.3) is 0 Å². The molecular formula is C18H39NO2. The lowest BCUT2D eigenvalue weighted by atomic mass is 10.2. The van der Waals surface area contributed by atoms with Gasteiger partial charge in [-0.05, 0) is 32.1 Å². The fraction of sp³-hybridized carbons (Fsp3) is 0.944. The average Bonchev–Trinajstić information content (AvgIpc) is 2.47. The average molecular weight is 302 g/mol. The van der Waals surface area contributed by atoms with Crippen molar-refractivity contribution >= 4 is 5.97 Å². The van der Waals surface area contributed by atoms with Crippen LogP contribution in [0.4, 0.5) is 0 Å². The molecule has 0 atom stereocenters. The van der Waals surface area contributed by atoms with Crippen LogP contribution in [0.1, 0.15) is 85.5 Å². The molecule has 0 aliphatic carbocycles. The van der Waals surface area contributed by atoms with Crippen LogP contribution in [0.2, 0.25) is 0 Å². The number of rotatable bonds is 12. The summed E-state index contributed by atoms with van der Waals surface area (Å²) < 4.78 is 1.32. The summed E-state index contributed by atoms with van der Waals surface area (Å²) in [7, 11) is 2.45. The number of aliphatic carboxylic acids is 1. The monoisotopic (exact) mass is 301 g/mol. The van der Waals surface area contributed by atoms with Gasteiger partial charge < -0.3 is 14.4 Å². The lowest BCUT2D eigenvalue weighted by Crippen LogP contribution is -2.46. The zero-order chi connectivity index (χ0) is 16.6. The lowest BCUT2D eigenvalue weighted by molar-refractivity contribution is -0.910. The molecule has 0 aliphatic heterocycles. The van der Waals surface area contributed by atoms with Crippen molar-refractivity contribution in [2.45, 2.75) is 85.5 Å². The molecule has 0 bridgehead atoms. The summed E-state index contributed by atoms with van der Waals surface area (Å²) in [6, 6.07) is 0. The Bertz CT molecular complexity index is 207. The molecule has 0 amide bonds. The van der Waals surface area contributed by atoms with Crippen molar-refractivity contribution in [3.8, 4) is 0 Å². The smallest absolute Gasteiger partial charge is 0.0784 e. The number of carboxylic acids is 1. The van der Waals surface area contributed by atoms with Gasteiger partial charge in [-0.2, -0.15) is 0 Å². The fourth-order valence-electron chi connectivity index (χ4n) is 2.28. The normalized spacial score (nSPS) is 10.9. The summed E-state index contributed by atoms with van der Waals surface area (Å²) >= 11 is 0. The highest BCUT2D eigenvalue weighted by Crippen LogP contribution is 2.10. The van der Waals surface area contributed by atoms with Gasteiger partial charge in [0.1, 0.15) is 0 Å². The second-order valence-corrected chi connectivity index (χ2v) is 6.33. The predicted molar refractivity (Wildman–Crippen MR) is 90.0 cm³/mol. The highest BCUT2D eigenvalue weighted by molar-refractivity contribution is 5.63. The van der Waals surface area contributed by atoms with E-state index in [9.17, 15) is 9.90 Å². The Morgan fingerprint density at radius 2 is 1.10 bits per heavy atom. The van der Waals surface area contributed by atoms with Crippen LogP contribution in [-0.2, 0) is 4.79 Å². The maximum Gasteiger partial charge on any atom is 0.0784 e. The van der Waals surface area contributed by atoms with E-state index in [1.165, 1.54) is 62.6 Å². The van der Waals surface area contributed by atoms with Gasteiger partial charge in [-0.15, -0.1) is 0 Å². The third-order valence-electron chi connectivity index (χ3n) is 3.89. The minimum atomic E-state index is -0.943.